The van der Waals surface area contributed by atoms with E-state index in [2.05, 4.69) is 0 Å². The summed E-state index contributed by atoms with van der Waals surface area (Å²) < 4.78 is 61.5. The topological polar surface area (TPSA) is 61.2 Å². The minimum absolute atomic E-state index is 0.113. The lowest BCUT2D eigenvalue weighted by Gasteiger charge is -2.35. The Labute approximate surface area is 114 Å². The molecule has 0 radical (unpaired) electrons. The Morgan fingerprint density at radius 3 is 2.63 bits per heavy atom. The average molecular weight is 316 g/mol. The number of halogens is 3. The molecule has 0 aromatic heterocycles. The van der Waals surface area contributed by atoms with Crippen LogP contribution in [0.5, 0.6) is 0 Å². The number of thioether (sulfide) groups is 1. The van der Waals surface area contributed by atoms with Crippen LogP contribution in [0.2, 0.25) is 0 Å². The van der Waals surface area contributed by atoms with Crippen molar-refractivity contribution in [3.63, 3.8) is 0 Å². The summed E-state index contributed by atoms with van der Waals surface area (Å²) in [5.41, 5.74) is 0. The van der Waals surface area contributed by atoms with Crippen LogP contribution in [-0.2, 0) is 9.84 Å². The molecule has 0 N–H and O–H groups in total. The van der Waals surface area contributed by atoms with E-state index in [4.69, 9.17) is 5.26 Å². The van der Waals surface area contributed by atoms with Gasteiger partial charge in [-0.2, -0.15) is 30.2 Å². The monoisotopic (exact) mass is 316 g/mol. The highest BCUT2D eigenvalue weighted by Gasteiger charge is 2.43. The van der Waals surface area contributed by atoms with Crippen molar-refractivity contribution in [1.82, 2.24) is 4.90 Å². The van der Waals surface area contributed by atoms with Crippen LogP contribution in [0.3, 0.4) is 0 Å². The Morgan fingerprint density at radius 2 is 2.16 bits per heavy atom. The number of sulfone groups is 1. The number of alkyl halides is 3. The molecule has 0 aliphatic carbocycles. The zero-order chi connectivity index (χ0) is 14.7. The van der Waals surface area contributed by atoms with E-state index in [1.165, 1.54) is 29.7 Å². The number of nitrogens with zero attached hydrogens (tertiary/aromatic N) is 2. The van der Waals surface area contributed by atoms with Crippen molar-refractivity contribution in [3.8, 4) is 6.07 Å². The lowest BCUT2D eigenvalue weighted by Crippen LogP contribution is -2.50. The molecule has 1 aliphatic rings. The zero-order valence-electron chi connectivity index (χ0n) is 10.4. The Balaban J connectivity index is 2.88. The number of hydrogen-bond donors (Lipinski definition) is 0. The minimum Gasteiger partial charge on any atom is -0.284 e. The summed E-state index contributed by atoms with van der Waals surface area (Å²) in [6.45, 7) is 1.14. The van der Waals surface area contributed by atoms with Gasteiger partial charge in [0.05, 0.1) is 6.07 Å². The Bertz CT molecular complexity index is 445. The fraction of sp³-hybridized carbons (Fsp3) is 0.900. The Kier molecular flexibility index (Phi) is 5.53. The van der Waals surface area contributed by atoms with Gasteiger partial charge in [0.25, 0.3) is 0 Å². The van der Waals surface area contributed by atoms with Gasteiger partial charge in [-0.05, 0) is 0 Å². The minimum atomic E-state index is -4.63. The van der Waals surface area contributed by atoms with E-state index in [0.717, 1.165) is 0 Å². The van der Waals surface area contributed by atoms with Crippen LogP contribution < -0.4 is 0 Å². The molecule has 4 nitrogen and oxygen atoms in total. The van der Waals surface area contributed by atoms with E-state index in [1.807, 2.05) is 0 Å². The van der Waals surface area contributed by atoms with Crippen molar-refractivity contribution < 1.29 is 21.6 Å². The van der Waals surface area contributed by atoms with Gasteiger partial charge in [-0.15, -0.1) is 0 Å². The second-order valence-corrected chi connectivity index (χ2v) is 7.80. The number of hydrogen-bond acceptors (Lipinski definition) is 5. The predicted octanol–water partition coefficient (Wildman–Crippen LogP) is 1.50. The molecule has 0 amide bonds. The van der Waals surface area contributed by atoms with Crippen LogP contribution in [0, 0.1) is 17.2 Å². The van der Waals surface area contributed by atoms with E-state index in [1.54, 1.807) is 0 Å². The van der Waals surface area contributed by atoms with Gasteiger partial charge in [-0.25, -0.2) is 8.42 Å². The van der Waals surface area contributed by atoms with Crippen LogP contribution >= 0.6 is 11.8 Å². The molecule has 2 atom stereocenters. The second kappa shape index (κ2) is 6.33. The molecule has 0 aromatic rings. The predicted molar refractivity (Wildman–Crippen MR) is 67.3 cm³/mol. The Hall–Kier alpha value is -0.460. The molecule has 0 aromatic carbocycles. The summed E-state index contributed by atoms with van der Waals surface area (Å²) in [4.78, 5) is 1.27. The molecule has 1 fully saturated rings. The SMILES string of the molecule is CCS(=O)(=O)C1CSCCN1CC(C#N)C(F)(F)F. The first-order valence-electron chi connectivity index (χ1n) is 5.72. The second-order valence-electron chi connectivity index (χ2n) is 4.20. The van der Waals surface area contributed by atoms with Crippen LogP contribution in [0.25, 0.3) is 0 Å². The maximum Gasteiger partial charge on any atom is 0.405 e. The highest BCUT2D eigenvalue weighted by molar-refractivity contribution is 8.01. The van der Waals surface area contributed by atoms with Gasteiger partial charge in [0.15, 0.2) is 15.8 Å². The summed E-state index contributed by atoms with van der Waals surface area (Å²) >= 11 is 1.41. The smallest absolute Gasteiger partial charge is 0.284 e. The summed E-state index contributed by atoms with van der Waals surface area (Å²) in [6, 6.07) is 1.21. The van der Waals surface area contributed by atoms with Crippen LogP contribution in [0.4, 0.5) is 13.2 Å². The molecule has 19 heavy (non-hydrogen) atoms. The van der Waals surface area contributed by atoms with E-state index in [-0.39, 0.29) is 18.1 Å². The van der Waals surface area contributed by atoms with E-state index >= 15 is 0 Å². The van der Waals surface area contributed by atoms with Crippen LogP contribution in [0.15, 0.2) is 0 Å². The zero-order valence-corrected chi connectivity index (χ0v) is 12.0. The molecule has 1 heterocycles. The largest absolute Gasteiger partial charge is 0.405 e. The third-order valence-corrected chi connectivity index (χ3v) is 6.31. The highest BCUT2D eigenvalue weighted by atomic mass is 32.2. The first-order valence-corrected chi connectivity index (χ1v) is 8.59. The molecule has 1 saturated heterocycles. The first-order chi connectivity index (χ1) is 8.72. The lowest BCUT2D eigenvalue weighted by atomic mass is 10.1. The molecule has 110 valence electrons. The lowest BCUT2D eigenvalue weighted by molar-refractivity contribution is -0.163. The van der Waals surface area contributed by atoms with Gasteiger partial charge in [-0.3, -0.25) is 4.90 Å². The molecule has 0 spiro atoms. The van der Waals surface area contributed by atoms with Crippen molar-refractivity contribution in [2.24, 2.45) is 5.92 Å². The Morgan fingerprint density at radius 1 is 1.53 bits per heavy atom. The number of nitriles is 1. The van der Waals surface area contributed by atoms with Gasteiger partial charge in [0.1, 0.15) is 5.37 Å². The molecule has 2 unspecified atom stereocenters. The fourth-order valence-corrected chi connectivity index (χ4v) is 4.89. The summed E-state index contributed by atoms with van der Waals surface area (Å²) in [7, 11) is -3.44. The fourth-order valence-electron chi connectivity index (χ4n) is 1.80. The molecular weight excluding hydrogens is 301 g/mol. The quantitative estimate of drug-likeness (QED) is 0.786. The molecule has 1 aliphatic heterocycles. The van der Waals surface area contributed by atoms with Crippen molar-refractivity contribution in [3.05, 3.63) is 0 Å². The van der Waals surface area contributed by atoms with Gasteiger partial charge in [0.2, 0.25) is 0 Å². The maximum absolute atomic E-state index is 12.6. The van der Waals surface area contributed by atoms with Gasteiger partial charge < -0.3 is 0 Å². The highest BCUT2D eigenvalue weighted by Crippen LogP contribution is 2.29. The summed E-state index contributed by atoms with van der Waals surface area (Å²) in [5.74, 6) is -1.43. The summed E-state index contributed by atoms with van der Waals surface area (Å²) in [6.07, 6.45) is -4.63. The van der Waals surface area contributed by atoms with Gasteiger partial charge in [-0.1, -0.05) is 6.92 Å². The summed E-state index contributed by atoms with van der Waals surface area (Å²) in [5, 5.41) is 7.67. The van der Waals surface area contributed by atoms with E-state index in [0.29, 0.717) is 5.75 Å². The van der Waals surface area contributed by atoms with Crippen molar-refractivity contribution in [2.45, 2.75) is 18.5 Å². The molecule has 1 rings (SSSR count). The van der Waals surface area contributed by atoms with Crippen molar-refractivity contribution in [1.29, 1.82) is 5.26 Å². The van der Waals surface area contributed by atoms with Gasteiger partial charge >= 0.3 is 6.18 Å². The van der Waals surface area contributed by atoms with Crippen molar-refractivity contribution >= 4 is 21.6 Å². The maximum atomic E-state index is 12.6. The van der Waals surface area contributed by atoms with Crippen LogP contribution in [0.1, 0.15) is 6.92 Å². The van der Waals surface area contributed by atoms with Gasteiger partial charge in [0, 0.05) is 30.3 Å². The van der Waals surface area contributed by atoms with Crippen molar-refractivity contribution in [2.75, 3.05) is 30.3 Å². The standard InChI is InChI=1S/C10H15F3N2O2S2/c1-2-19(16,17)9-7-18-4-3-15(9)6-8(5-14)10(11,12)13/h8-9H,2-4,6-7H2,1H3. The van der Waals surface area contributed by atoms with E-state index in [9.17, 15) is 21.6 Å². The van der Waals surface area contributed by atoms with E-state index < -0.39 is 33.9 Å². The number of rotatable bonds is 4. The molecule has 9 heteroatoms. The normalized spacial score (nSPS) is 23.8. The third kappa shape index (κ3) is 4.26. The molecular formula is C10H15F3N2O2S2. The molecule has 0 saturated carbocycles. The van der Waals surface area contributed by atoms with Crippen LogP contribution in [-0.4, -0.2) is 55.2 Å². The molecule has 0 bridgehead atoms. The third-order valence-electron chi connectivity index (χ3n) is 2.98. The average Bonchev–Trinajstić information content (AvgIpc) is 2.34. The first kappa shape index (κ1) is 16.6.